The van der Waals surface area contributed by atoms with E-state index in [0.717, 1.165) is 23.2 Å². The van der Waals surface area contributed by atoms with Crippen LogP contribution in [-0.4, -0.2) is 57.3 Å². The van der Waals surface area contributed by atoms with Crippen molar-refractivity contribution in [1.82, 2.24) is 30.3 Å². The van der Waals surface area contributed by atoms with Gasteiger partial charge in [-0.2, -0.15) is 5.10 Å². The molecule has 0 spiro atoms. The van der Waals surface area contributed by atoms with Gasteiger partial charge in [0.25, 0.3) is 5.91 Å². The number of aldehydes is 1. The molecule has 0 aliphatic heterocycles. The zero-order chi connectivity index (χ0) is 20.8. The van der Waals surface area contributed by atoms with E-state index in [0.29, 0.717) is 25.2 Å². The Hall–Kier alpha value is -3.49. The number of benzene rings is 1. The van der Waals surface area contributed by atoms with Crippen molar-refractivity contribution in [2.24, 2.45) is 0 Å². The summed E-state index contributed by atoms with van der Waals surface area (Å²) < 4.78 is 1.82. The molecule has 0 radical (unpaired) electrons. The van der Waals surface area contributed by atoms with Crippen molar-refractivity contribution in [1.29, 1.82) is 0 Å². The molecule has 2 heterocycles. The largest absolute Gasteiger partial charge is 0.363 e. The maximum Gasteiger partial charge on any atom is 0.289 e. The lowest BCUT2D eigenvalue weighted by atomic mass is 10.1. The molecule has 1 atom stereocenters. The standard InChI is InChI=1S/C20H25N7O2/c1-14-12-21-27(20(14)26(2)3)10-9-16(13-28)22-19(29)18-23-17(24-25-18)11-15-7-5-4-6-8-15/h4-8,12-13,16H,9-11H2,1-3H3,(H,22,29)(H,23,24,25). The first-order valence-electron chi connectivity index (χ1n) is 9.39. The van der Waals surface area contributed by atoms with E-state index in [9.17, 15) is 9.59 Å². The van der Waals surface area contributed by atoms with Crippen LogP contribution >= 0.6 is 0 Å². The topological polar surface area (TPSA) is 109 Å². The minimum atomic E-state index is -0.648. The summed E-state index contributed by atoms with van der Waals surface area (Å²) in [5.41, 5.74) is 2.11. The van der Waals surface area contributed by atoms with Gasteiger partial charge in [0.1, 0.15) is 17.9 Å². The van der Waals surface area contributed by atoms with Gasteiger partial charge in [0, 0.05) is 32.6 Å². The Balaban J connectivity index is 1.58. The molecular weight excluding hydrogens is 370 g/mol. The van der Waals surface area contributed by atoms with Gasteiger partial charge < -0.3 is 20.0 Å². The molecule has 1 aromatic carbocycles. The zero-order valence-electron chi connectivity index (χ0n) is 16.8. The van der Waals surface area contributed by atoms with Crippen molar-refractivity contribution < 1.29 is 9.59 Å². The van der Waals surface area contributed by atoms with Gasteiger partial charge in [-0.05, 0) is 18.9 Å². The molecule has 1 amide bonds. The molecule has 0 saturated carbocycles. The number of H-pyrrole nitrogens is 1. The van der Waals surface area contributed by atoms with Crippen LogP contribution in [0.4, 0.5) is 5.82 Å². The van der Waals surface area contributed by atoms with Crippen molar-refractivity contribution >= 4 is 18.0 Å². The number of rotatable bonds is 9. The first kappa shape index (κ1) is 20.2. The number of hydrogen-bond donors (Lipinski definition) is 2. The third-order valence-corrected chi connectivity index (χ3v) is 4.51. The number of hydrogen-bond acceptors (Lipinski definition) is 6. The lowest BCUT2D eigenvalue weighted by molar-refractivity contribution is -0.109. The summed E-state index contributed by atoms with van der Waals surface area (Å²) in [6.07, 6.45) is 3.48. The number of amides is 1. The summed E-state index contributed by atoms with van der Waals surface area (Å²) in [6, 6.07) is 9.12. The predicted octanol–water partition coefficient (Wildman–Crippen LogP) is 1.35. The smallest absolute Gasteiger partial charge is 0.289 e. The molecule has 3 rings (SSSR count). The number of anilines is 1. The van der Waals surface area contributed by atoms with Gasteiger partial charge in [-0.3, -0.25) is 4.79 Å². The molecule has 2 N–H and O–H groups in total. The van der Waals surface area contributed by atoms with Gasteiger partial charge in [-0.1, -0.05) is 30.3 Å². The van der Waals surface area contributed by atoms with Gasteiger partial charge in [-0.25, -0.2) is 4.68 Å². The molecule has 0 bridgehead atoms. The number of nitrogens with zero attached hydrogens (tertiary/aromatic N) is 5. The number of aromatic amines is 1. The summed E-state index contributed by atoms with van der Waals surface area (Å²) >= 11 is 0. The van der Waals surface area contributed by atoms with Crippen LogP contribution in [0.1, 0.15) is 34.0 Å². The Bertz CT molecular complexity index is 962. The van der Waals surface area contributed by atoms with Crippen molar-refractivity contribution in [3.05, 3.63) is 59.3 Å². The van der Waals surface area contributed by atoms with Gasteiger partial charge in [0.2, 0.25) is 5.82 Å². The normalized spacial score (nSPS) is 11.8. The molecule has 2 aromatic heterocycles. The van der Waals surface area contributed by atoms with Crippen molar-refractivity contribution in [3.8, 4) is 0 Å². The summed E-state index contributed by atoms with van der Waals surface area (Å²) in [4.78, 5) is 28.8. The Kier molecular flexibility index (Phi) is 6.38. The van der Waals surface area contributed by atoms with E-state index in [1.54, 1.807) is 6.20 Å². The monoisotopic (exact) mass is 395 g/mol. The molecule has 0 aliphatic rings. The molecule has 29 heavy (non-hydrogen) atoms. The molecule has 9 nitrogen and oxygen atoms in total. The highest BCUT2D eigenvalue weighted by Gasteiger charge is 2.18. The van der Waals surface area contributed by atoms with E-state index < -0.39 is 11.9 Å². The number of carbonyl (C=O) groups is 2. The van der Waals surface area contributed by atoms with Gasteiger partial charge in [0.15, 0.2) is 0 Å². The summed E-state index contributed by atoms with van der Waals surface area (Å²) in [6.45, 7) is 2.48. The van der Waals surface area contributed by atoms with E-state index in [1.165, 1.54) is 0 Å². The molecule has 0 aliphatic carbocycles. The van der Waals surface area contributed by atoms with E-state index in [-0.39, 0.29) is 5.82 Å². The van der Waals surface area contributed by atoms with Crippen LogP contribution < -0.4 is 10.2 Å². The number of nitrogens with one attached hydrogen (secondary N) is 2. The van der Waals surface area contributed by atoms with Gasteiger partial charge in [0.05, 0.1) is 12.2 Å². The van der Waals surface area contributed by atoms with Crippen LogP contribution in [0.15, 0.2) is 36.5 Å². The quantitative estimate of drug-likeness (QED) is 0.530. The Morgan fingerprint density at radius 3 is 2.72 bits per heavy atom. The third kappa shape index (κ3) is 5.07. The number of aromatic nitrogens is 5. The minimum absolute atomic E-state index is 0.0895. The van der Waals surface area contributed by atoms with E-state index in [4.69, 9.17) is 0 Å². The second-order valence-electron chi connectivity index (χ2n) is 7.06. The second kappa shape index (κ2) is 9.13. The predicted molar refractivity (Wildman–Crippen MR) is 109 cm³/mol. The zero-order valence-corrected chi connectivity index (χ0v) is 16.8. The van der Waals surface area contributed by atoms with Gasteiger partial charge in [-0.15, -0.1) is 10.2 Å². The maximum absolute atomic E-state index is 12.4. The summed E-state index contributed by atoms with van der Waals surface area (Å²) in [5, 5.41) is 15.0. The van der Waals surface area contributed by atoms with E-state index >= 15 is 0 Å². The Morgan fingerprint density at radius 2 is 2.03 bits per heavy atom. The van der Waals surface area contributed by atoms with Crippen LogP contribution in [0.2, 0.25) is 0 Å². The highest BCUT2D eigenvalue weighted by molar-refractivity contribution is 5.92. The summed E-state index contributed by atoms with van der Waals surface area (Å²) in [5.74, 6) is 1.19. The number of aryl methyl sites for hydroxylation is 2. The Morgan fingerprint density at radius 1 is 1.28 bits per heavy atom. The maximum atomic E-state index is 12.4. The molecule has 1 unspecified atom stereocenters. The molecule has 0 fully saturated rings. The molecule has 3 aromatic rings. The molecule has 9 heteroatoms. The third-order valence-electron chi connectivity index (χ3n) is 4.51. The first-order valence-corrected chi connectivity index (χ1v) is 9.39. The van der Waals surface area contributed by atoms with E-state index in [1.807, 2.05) is 60.9 Å². The highest BCUT2D eigenvalue weighted by atomic mass is 16.2. The molecule has 152 valence electrons. The average molecular weight is 395 g/mol. The average Bonchev–Trinajstić information content (AvgIpc) is 3.32. The van der Waals surface area contributed by atoms with E-state index in [2.05, 4.69) is 25.6 Å². The lowest BCUT2D eigenvalue weighted by Gasteiger charge is -2.17. The Labute approximate surface area is 169 Å². The fraction of sp³-hybridized carbons (Fsp3) is 0.350. The van der Waals surface area contributed by atoms with Gasteiger partial charge >= 0.3 is 0 Å². The van der Waals surface area contributed by atoms with Crippen molar-refractivity contribution in [2.45, 2.75) is 32.4 Å². The first-order chi connectivity index (χ1) is 14.0. The van der Waals surface area contributed by atoms with Crippen molar-refractivity contribution in [2.75, 3.05) is 19.0 Å². The van der Waals surface area contributed by atoms with Crippen molar-refractivity contribution in [3.63, 3.8) is 0 Å². The van der Waals surface area contributed by atoms with Crippen LogP contribution in [0.25, 0.3) is 0 Å². The SMILES string of the molecule is Cc1cnn(CCC(C=O)NC(=O)c2nnc(Cc3ccccc3)[nH]2)c1N(C)C. The second-order valence-corrected chi connectivity index (χ2v) is 7.06. The van der Waals surface area contributed by atoms with Crippen LogP contribution in [0.3, 0.4) is 0 Å². The highest BCUT2D eigenvalue weighted by Crippen LogP contribution is 2.17. The lowest BCUT2D eigenvalue weighted by Crippen LogP contribution is -2.37. The fourth-order valence-electron chi connectivity index (χ4n) is 3.16. The minimum Gasteiger partial charge on any atom is -0.363 e. The summed E-state index contributed by atoms with van der Waals surface area (Å²) in [7, 11) is 3.88. The molecule has 0 saturated heterocycles. The number of carbonyl (C=O) groups excluding carboxylic acids is 2. The van der Waals surface area contributed by atoms with Crippen LogP contribution in [-0.2, 0) is 17.8 Å². The fourth-order valence-corrected chi connectivity index (χ4v) is 3.16. The van der Waals surface area contributed by atoms with Crippen LogP contribution in [0.5, 0.6) is 0 Å². The van der Waals surface area contributed by atoms with Crippen LogP contribution in [0, 0.1) is 6.92 Å². The molecular formula is C20H25N7O2.